The highest BCUT2D eigenvalue weighted by Gasteiger charge is 2.17. The van der Waals surface area contributed by atoms with Crippen molar-refractivity contribution in [2.75, 3.05) is 20.3 Å². The molecule has 2 atom stereocenters. The van der Waals surface area contributed by atoms with Crippen LogP contribution in [0.2, 0.25) is 0 Å². The maximum absolute atomic E-state index is 11.6. The zero-order valence-electron chi connectivity index (χ0n) is 13.1. The summed E-state index contributed by atoms with van der Waals surface area (Å²) >= 11 is 0. The average molecular weight is 288 g/mol. The van der Waals surface area contributed by atoms with Gasteiger partial charge >= 0.3 is 11.9 Å². The summed E-state index contributed by atoms with van der Waals surface area (Å²) in [5, 5.41) is 0. The van der Waals surface area contributed by atoms with Gasteiger partial charge in [-0.15, -0.1) is 0 Å². The lowest BCUT2D eigenvalue weighted by Gasteiger charge is -2.20. The maximum Gasteiger partial charge on any atom is 0.306 e. The van der Waals surface area contributed by atoms with E-state index < -0.39 is 0 Å². The van der Waals surface area contributed by atoms with Gasteiger partial charge in [0.1, 0.15) is 6.10 Å². The summed E-state index contributed by atoms with van der Waals surface area (Å²) in [6.07, 6.45) is 2.66. The first-order chi connectivity index (χ1) is 9.51. The minimum absolute atomic E-state index is 0.0757. The number of ether oxygens (including phenoxy) is 3. The molecule has 20 heavy (non-hydrogen) atoms. The fourth-order valence-electron chi connectivity index (χ4n) is 1.53. The number of hydrogen-bond acceptors (Lipinski definition) is 5. The zero-order chi connectivity index (χ0) is 15.4. The molecule has 0 saturated heterocycles. The van der Waals surface area contributed by atoms with E-state index in [1.807, 2.05) is 20.8 Å². The fourth-order valence-corrected chi connectivity index (χ4v) is 1.53. The lowest BCUT2D eigenvalue weighted by atomic mass is 10.0. The second-order valence-electron chi connectivity index (χ2n) is 5.03. The quantitative estimate of drug-likeness (QED) is 0.432. The van der Waals surface area contributed by atoms with Gasteiger partial charge in [-0.05, 0) is 25.7 Å². The lowest BCUT2D eigenvalue weighted by Crippen LogP contribution is -2.23. The molecule has 0 N–H and O–H groups in total. The predicted octanol–water partition coefficient (Wildman–Crippen LogP) is 2.71. The molecule has 5 heteroatoms. The van der Waals surface area contributed by atoms with Crippen LogP contribution in [0.3, 0.4) is 0 Å². The largest absolute Gasteiger partial charge is 0.466 e. The summed E-state index contributed by atoms with van der Waals surface area (Å²) in [6, 6.07) is 0. The van der Waals surface area contributed by atoms with Gasteiger partial charge in [-0.1, -0.05) is 20.3 Å². The normalized spacial score (nSPS) is 13.6. The van der Waals surface area contributed by atoms with Crippen molar-refractivity contribution in [1.82, 2.24) is 0 Å². The SMILES string of the molecule is CCCCOC(=O)CCC(=O)OC(C)C(C)CCOC. The second kappa shape index (κ2) is 11.7. The molecule has 0 rings (SSSR count). The van der Waals surface area contributed by atoms with Crippen molar-refractivity contribution >= 4 is 11.9 Å². The third kappa shape index (κ3) is 9.78. The Hall–Kier alpha value is -1.10. The molecule has 0 fully saturated rings. The number of carbonyl (C=O) groups is 2. The Labute approximate surface area is 122 Å². The molecule has 0 aliphatic carbocycles. The van der Waals surface area contributed by atoms with Crippen LogP contribution in [-0.2, 0) is 23.8 Å². The van der Waals surface area contributed by atoms with Crippen LogP contribution in [-0.4, -0.2) is 38.4 Å². The Bertz CT molecular complexity index is 277. The molecule has 0 saturated carbocycles. The van der Waals surface area contributed by atoms with Gasteiger partial charge in [0.2, 0.25) is 0 Å². The molecule has 0 amide bonds. The van der Waals surface area contributed by atoms with Crippen molar-refractivity contribution < 1.29 is 23.8 Å². The summed E-state index contributed by atoms with van der Waals surface area (Å²) in [4.78, 5) is 22.9. The Balaban J connectivity index is 3.78. The van der Waals surface area contributed by atoms with E-state index >= 15 is 0 Å². The molecule has 2 unspecified atom stereocenters. The second-order valence-corrected chi connectivity index (χ2v) is 5.03. The van der Waals surface area contributed by atoms with Crippen molar-refractivity contribution in [3.8, 4) is 0 Å². The lowest BCUT2D eigenvalue weighted by molar-refractivity contribution is -0.155. The Morgan fingerprint density at radius 1 is 1.05 bits per heavy atom. The number of hydrogen-bond donors (Lipinski definition) is 0. The van der Waals surface area contributed by atoms with Crippen LogP contribution in [0, 0.1) is 5.92 Å². The fraction of sp³-hybridized carbons (Fsp3) is 0.867. The van der Waals surface area contributed by atoms with Gasteiger partial charge in [0.25, 0.3) is 0 Å². The average Bonchev–Trinajstić information content (AvgIpc) is 2.42. The zero-order valence-corrected chi connectivity index (χ0v) is 13.1. The van der Waals surface area contributed by atoms with Gasteiger partial charge in [-0.2, -0.15) is 0 Å². The van der Waals surface area contributed by atoms with Crippen LogP contribution in [0.4, 0.5) is 0 Å². The molecule has 118 valence electrons. The van der Waals surface area contributed by atoms with Crippen LogP contribution in [0.15, 0.2) is 0 Å². The third-order valence-corrected chi connectivity index (χ3v) is 3.19. The summed E-state index contributed by atoms with van der Waals surface area (Å²) in [5.74, 6) is -0.458. The Kier molecular flexibility index (Phi) is 11.1. The van der Waals surface area contributed by atoms with Crippen molar-refractivity contribution in [2.45, 2.75) is 59.0 Å². The van der Waals surface area contributed by atoms with E-state index in [0.717, 1.165) is 19.3 Å². The van der Waals surface area contributed by atoms with Crippen LogP contribution in [0.5, 0.6) is 0 Å². The standard InChI is InChI=1S/C15H28O5/c1-5-6-10-19-14(16)7-8-15(17)20-13(3)12(2)9-11-18-4/h12-13H,5-11H2,1-4H3. The molecule has 5 nitrogen and oxygen atoms in total. The monoisotopic (exact) mass is 288 g/mol. The van der Waals surface area contributed by atoms with E-state index in [4.69, 9.17) is 14.2 Å². The Morgan fingerprint density at radius 3 is 2.30 bits per heavy atom. The van der Waals surface area contributed by atoms with Gasteiger partial charge in [0, 0.05) is 13.7 Å². The van der Waals surface area contributed by atoms with Gasteiger partial charge in [-0.3, -0.25) is 9.59 Å². The molecule has 0 aliphatic heterocycles. The minimum Gasteiger partial charge on any atom is -0.466 e. The van der Waals surface area contributed by atoms with E-state index in [2.05, 4.69) is 0 Å². The molecular weight excluding hydrogens is 260 g/mol. The van der Waals surface area contributed by atoms with E-state index in [1.54, 1.807) is 7.11 Å². The van der Waals surface area contributed by atoms with Crippen molar-refractivity contribution in [3.05, 3.63) is 0 Å². The van der Waals surface area contributed by atoms with Gasteiger partial charge in [0.15, 0.2) is 0 Å². The number of esters is 2. The number of methoxy groups -OCH3 is 1. The minimum atomic E-state index is -0.353. The molecule has 0 aliphatic rings. The molecule has 0 heterocycles. The van der Waals surface area contributed by atoms with Crippen molar-refractivity contribution in [1.29, 1.82) is 0 Å². The number of carbonyl (C=O) groups excluding carboxylic acids is 2. The van der Waals surface area contributed by atoms with Crippen LogP contribution in [0.1, 0.15) is 52.9 Å². The summed E-state index contributed by atoms with van der Waals surface area (Å²) < 4.78 is 15.2. The maximum atomic E-state index is 11.6. The Morgan fingerprint density at radius 2 is 1.70 bits per heavy atom. The van der Waals surface area contributed by atoms with E-state index in [9.17, 15) is 9.59 Å². The van der Waals surface area contributed by atoms with Crippen LogP contribution >= 0.6 is 0 Å². The summed E-state index contributed by atoms with van der Waals surface area (Å²) in [5.41, 5.74) is 0. The molecule has 0 aromatic heterocycles. The smallest absolute Gasteiger partial charge is 0.306 e. The molecule has 0 radical (unpaired) electrons. The highest BCUT2D eigenvalue weighted by Crippen LogP contribution is 2.12. The van der Waals surface area contributed by atoms with E-state index in [-0.39, 0.29) is 36.8 Å². The molecule has 0 bridgehead atoms. The van der Waals surface area contributed by atoms with Crippen molar-refractivity contribution in [2.24, 2.45) is 5.92 Å². The molecule has 0 aromatic rings. The van der Waals surface area contributed by atoms with Gasteiger partial charge in [0.05, 0.1) is 19.4 Å². The topological polar surface area (TPSA) is 61.8 Å². The number of rotatable bonds is 11. The van der Waals surface area contributed by atoms with Crippen LogP contribution < -0.4 is 0 Å². The third-order valence-electron chi connectivity index (χ3n) is 3.19. The molecular formula is C15H28O5. The highest BCUT2D eigenvalue weighted by molar-refractivity contribution is 5.77. The van der Waals surface area contributed by atoms with Gasteiger partial charge in [-0.25, -0.2) is 0 Å². The molecule has 0 spiro atoms. The summed E-state index contributed by atoms with van der Waals surface area (Å²) in [7, 11) is 1.65. The first-order valence-corrected chi connectivity index (χ1v) is 7.35. The predicted molar refractivity (Wildman–Crippen MR) is 76.3 cm³/mol. The first kappa shape index (κ1) is 18.9. The van der Waals surface area contributed by atoms with E-state index in [0.29, 0.717) is 13.2 Å². The summed E-state index contributed by atoms with van der Waals surface area (Å²) in [6.45, 7) is 6.97. The van der Waals surface area contributed by atoms with Gasteiger partial charge < -0.3 is 14.2 Å². The number of unbranched alkanes of at least 4 members (excludes halogenated alkanes) is 1. The first-order valence-electron chi connectivity index (χ1n) is 7.35. The molecule has 0 aromatic carbocycles. The van der Waals surface area contributed by atoms with E-state index in [1.165, 1.54) is 0 Å². The van der Waals surface area contributed by atoms with Crippen LogP contribution in [0.25, 0.3) is 0 Å². The highest BCUT2D eigenvalue weighted by atomic mass is 16.5. The van der Waals surface area contributed by atoms with Crippen molar-refractivity contribution in [3.63, 3.8) is 0 Å².